The van der Waals surface area contributed by atoms with E-state index >= 15 is 0 Å². The van der Waals surface area contributed by atoms with Crippen LogP contribution in [0.2, 0.25) is 0 Å². The van der Waals surface area contributed by atoms with Gasteiger partial charge in [0.05, 0.1) is 20.1 Å². The zero-order chi connectivity index (χ0) is 23.4. The molecule has 1 atom stereocenters. The molecule has 1 saturated carbocycles. The minimum Gasteiger partial charge on any atom is -0.497 e. The number of anilines is 1. The molecule has 2 aromatic carbocycles. The van der Waals surface area contributed by atoms with E-state index in [1.165, 1.54) is 11.3 Å². The van der Waals surface area contributed by atoms with Gasteiger partial charge in [-0.1, -0.05) is 32.0 Å². The van der Waals surface area contributed by atoms with E-state index in [-0.39, 0.29) is 12.3 Å². The van der Waals surface area contributed by atoms with Gasteiger partial charge >= 0.3 is 5.97 Å². The van der Waals surface area contributed by atoms with E-state index in [2.05, 4.69) is 49.1 Å². The van der Waals surface area contributed by atoms with Crippen LogP contribution >= 0.6 is 0 Å². The van der Waals surface area contributed by atoms with Gasteiger partial charge in [0.15, 0.2) is 0 Å². The Morgan fingerprint density at radius 1 is 1.06 bits per heavy atom. The molecule has 0 spiro atoms. The summed E-state index contributed by atoms with van der Waals surface area (Å²) in [6, 6.07) is 14.5. The second kappa shape index (κ2) is 10.5. The molecule has 0 amide bonds. The van der Waals surface area contributed by atoms with Gasteiger partial charge < -0.3 is 19.5 Å². The topological polar surface area (TPSA) is 59.0 Å². The van der Waals surface area contributed by atoms with Crippen LogP contribution in [0, 0.1) is 11.8 Å². The van der Waals surface area contributed by atoms with Gasteiger partial charge in [-0.3, -0.25) is 4.79 Å². The molecule has 5 nitrogen and oxygen atoms in total. The van der Waals surface area contributed by atoms with Crippen LogP contribution in [0.3, 0.4) is 0 Å². The molecular formula is C28H37NO4. The number of carboxylic acids is 1. The molecule has 1 saturated heterocycles. The average molecular weight is 452 g/mol. The molecule has 1 N–H and O–H groups in total. The summed E-state index contributed by atoms with van der Waals surface area (Å²) in [7, 11) is 1.72. The summed E-state index contributed by atoms with van der Waals surface area (Å²) < 4.78 is 11.7. The van der Waals surface area contributed by atoms with E-state index < -0.39 is 5.97 Å². The highest BCUT2D eigenvalue weighted by Gasteiger charge is 2.34. The molecule has 178 valence electrons. The summed E-state index contributed by atoms with van der Waals surface area (Å²) in [5.41, 5.74) is 3.77. The Kier molecular flexibility index (Phi) is 7.46. The number of nitrogens with zero attached hydrogens (tertiary/aromatic N) is 1. The van der Waals surface area contributed by atoms with Gasteiger partial charge in [-0.2, -0.15) is 0 Å². The van der Waals surface area contributed by atoms with Crippen LogP contribution in [-0.4, -0.2) is 37.9 Å². The van der Waals surface area contributed by atoms with Gasteiger partial charge in [-0.05, 0) is 78.7 Å². The standard InChI is InChI=1S/C28H37NO4/c1-19(2)25-10-9-23(32-3)16-27(25)29-13-11-20(12-14-29)18-33-24-6-4-5-22(15-24)26(17-28(30)31)21-7-8-21/h4-6,9-10,15-16,19-21,26H,7-8,11-14,17-18H2,1-3H3,(H,30,31). The monoisotopic (exact) mass is 451 g/mol. The maximum absolute atomic E-state index is 11.3. The summed E-state index contributed by atoms with van der Waals surface area (Å²) in [6.45, 7) is 7.22. The highest BCUT2D eigenvalue weighted by atomic mass is 16.5. The van der Waals surface area contributed by atoms with Crippen molar-refractivity contribution in [1.82, 2.24) is 0 Å². The normalized spacial score (nSPS) is 17.8. The number of hydrogen-bond acceptors (Lipinski definition) is 4. The lowest BCUT2D eigenvalue weighted by molar-refractivity contribution is -0.137. The maximum Gasteiger partial charge on any atom is 0.303 e. The van der Waals surface area contributed by atoms with Crippen molar-refractivity contribution < 1.29 is 19.4 Å². The van der Waals surface area contributed by atoms with Crippen molar-refractivity contribution in [2.75, 3.05) is 31.7 Å². The number of hydrogen-bond donors (Lipinski definition) is 1. The molecule has 0 bridgehead atoms. The van der Waals surface area contributed by atoms with E-state index in [4.69, 9.17) is 9.47 Å². The third-order valence-corrected chi connectivity index (χ3v) is 7.17. The Hall–Kier alpha value is -2.69. The fourth-order valence-electron chi connectivity index (χ4n) is 5.05. The molecule has 2 fully saturated rings. The Labute approximate surface area is 197 Å². The Morgan fingerprint density at radius 3 is 2.45 bits per heavy atom. The molecular weight excluding hydrogens is 414 g/mol. The smallest absolute Gasteiger partial charge is 0.303 e. The predicted octanol–water partition coefficient (Wildman–Crippen LogP) is 6.08. The van der Waals surface area contributed by atoms with Crippen molar-refractivity contribution in [2.24, 2.45) is 11.8 Å². The summed E-state index contributed by atoms with van der Waals surface area (Å²) >= 11 is 0. The van der Waals surface area contributed by atoms with Crippen LogP contribution in [0.5, 0.6) is 11.5 Å². The third-order valence-electron chi connectivity index (χ3n) is 7.17. The number of aliphatic carboxylic acids is 1. The highest BCUT2D eigenvalue weighted by Crippen LogP contribution is 2.45. The molecule has 1 heterocycles. The van der Waals surface area contributed by atoms with Gasteiger partial charge in [-0.15, -0.1) is 0 Å². The van der Waals surface area contributed by atoms with Crippen molar-refractivity contribution in [3.63, 3.8) is 0 Å². The average Bonchev–Trinajstić information content (AvgIpc) is 3.66. The Balaban J connectivity index is 1.34. The largest absolute Gasteiger partial charge is 0.497 e. The lowest BCUT2D eigenvalue weighted by Gasteiger charge is -2.35. The first kappa shape index (κ1) is 23.5. The van der Waals surface area contributed by atoms with Crippen LogP contribution < -0.4 is 14.4 Å². The number of carbonyl (C=O) groups is 1. The molecule has 1 aliphatic carbocycles. The first-order valence-electron chi connectivity index (χ1n) is 12.3. The van der Waals surface area contributed by atoms with E-state index in [0.29, 0.717) is 24.4 Å². The first-order valence-corrected chi connectivity index (χ1v) is 12.3. The molecule has 0 aromatic heterocycles. The van der Waals surface area contributed by atoms with Crippen LogP contribution in [-0.2, 0) is 4.79 Å². The number of benzene rings is 2. The van der Waals surface area contributed by atoms with Crippen molar-refractivity contribution in [2.45, 2.75) is 57.8 Å². The van der Waals surface area contributed by atoms with Crippen molar-refractivity contribution in [1.29, 1.82) is 0 Å². The third kappa shape index (κ3) is 6.01. The lowest BCUT2D eigenvalue weighted by atomic mass is 9.91. The molecule has 0 radical (unpaired) electrons. The van der Waals surface area contributed by atoms with Gasteiger partial charge in [0.2, 0.25) is 0 Å². The SMILES string of the molecule is COc1ccc(C(C)C)c(N2CCC(COc3cccc(C(CC(=O)O)C4CC4)c3)CC2)c1. The van der Waals surface area contributed by atoms with Gasteiger partial charge in [0, 0.05) is 24.8 Å². The van der Waals surface area contributed by atoms with E-state index in [1.54, 1.807) is 7.11 Å². The predicted molar refractivity (Wildman–Crippen MR) is 132 cm³/mol. The zero-order valence-corrected chi connectivity index (χ0v) is 20.1. The van der Waals surface area contributed by atoms with E-state index in [9.17, 15) is 9.90 Å². The molecule has 2 aromatic rings. The molecule has 5 heteroatoms. The van der Waals surface area contributed by atoms with Crippen LogP contribution in [0.1, 0.15) is 68.9 Å². The molecule has 2 aliphatic rings. The van der Waals surface area contributed by atoms with Crippen molar-refractivity contribution >= 4 is 11.7 Å². The summed E-state index contributed by atoms with van der Waals surface area (Å²) in [4.78, 5) is 13.8. The van der Waals surface area contributed by atoms with Crippen molar-refractivity contribution in [3.05, 3.63) is 53.6 Å². The summed E-state index contributed by atoms with van der Waals surface area (Å²) in [6.07, 6.45) is 4.66. The molecule has 4 rings (SSSR count). The minimum absolute atomic E-state index is 0.104. The quantitative estimate of drug-likeness (QED) is 0.474. The first-order chi connectivity index (χ1) is 15.9. The fraction of sp³-hybridized carbons (Fsp3) is 0.536. The number of piperidine rings is 1. The van der Waals surface area contributed by atoms with Crippen LogP contribution in [0.15, 0.2) is 42.5 Å². The highest BCUT2D eigenvalue weighted by molar-refractivity contribution is 5.68. The van der Waals surface area contributed by atoms with E-state index in [0.717, 1.165) is 55.8 Å². The summed E-state index contributed by atoms with van der Waals surface area (Å²) in [5, 5.41) is 9.30. The van der Waals surface area contributed by atoms with Gasteiger partial charge in [0.25, 0.3) is 0 Å². The van der Waals surface area contributed by atoms with Gasteiger partial charge in [0.1, 0.15) is 11.5 Å². The maximum atomic E-state index is 11.3. The van der Waals surface area contributed by atoms with Gasteiger partial charge in [-0.25, -0.2) is 0 Å². The van der Waals surface area contributed by atoms with Crippen LogP contribution in [0.25, 0.3) is 0 Å². The Morgan fingerprint density at radius 2 is 1.82 bits per heavy atom. The van der Waals surface area contributed by atoms with Crippen molar-refractivity contribution in [3.8, 4) is 11.5 Å². The summed E-state index contributed by atoms with van der Waals surface area (Å²) in [5.74, 6) is 2.66. The fourth-order valence-corrected chi connectivity index (χ4v) is 5.05. The number of carboxylic acid groups (broad SMARTS) is 1. The number of ether oxygens (including phenoxy) is 2. The minimum atomic E-state index is -0.721. The Bertz CT molecular complexity index is 945. The number of methoxy groups -OCH3 is 1. The second-order valence-corrected chi connectivity index (χ2v) is 9.94. The van der Waals surface area contributed by atoms with Crippen LogP contribution in [0.4, 0.5) is 5.69 Å². The lowest BCUT2D eigenvalue weighted by Crippen LogP contribution is -2.36. The number of rotatable bonds is 10. The second-order valence-electron chi connectivity index (χ2n) is 9.94. The molecule has 1 unspecified atom stereocenters. The molecule has 1 aliphatic heterocycles. The van der Waals surface area contributed by atoms with E-state index in [1.807, 2.05) is 12.1 Å². The molecule has 33 heavy (non-hydrogen) atoms. The zero-order valence-electron chi connectivity index (χ0n) is 20.1.